The molecule has 0 spiro atoms. The highest BCUT2D eigenvalue weighted by atomic mass is 15.2. The lowest BCUT2D eigenvalue weighted by atomic mass is 9.77. The summed E-state index contributed by atoms with van der Waals surface area (Å²) in [6.45, 7) is 9.05. The Bertz CT molecular complexity index is 368. The molecule has 0 amide bonds. The van der Waals surface area contributed by atoms with Crippen molar-refractivity contribution in [1.82, 2.24) is 9.55 Å². The van der Waals surface area contributed by atoms with E-state index in [4.69, 9.17) is 0 Å². The van der Waals surface area contributed by atoms with Gasteiger partial charge in [0.2, 0.25) is 5.95 Å². The second-order valence-corrected chi connectivity index (χ2v) is 6.22. The number of hydrogen-bond donors (Lipinski definition) is 1. The molecule has 0 aliphatic heterocycles. The number of hydrogen-bond acceptors (Lipinski definition) is 2. The summed E-state index contributed by atoms with van der Waals surface area (Å²) in [4.78, 5) is 4.48. The fraction of sp³-hybridized carbons (Fsp3) is 0.800. The molecule has 0 bridgehead atoms. The molecule has 3 heteroatoms. The van der Waals surface area contributed by atoms with Crippen molar-refractivity contribution >= 4 is 5.95 Å². The number of nitrogens with one attached hydrogen (secondary N) is 1. The van der Waals surface area contributed by atoms with Crippen molar-refractivity contribution in [2.75, 3.05) is 5.32 Å². The molecular formula is C15H27N3. The predicted octanol–water partition coefficient (Wildman–Crippen LogP) is 4.09. The zero-order valence-corrected chi connectivity index (χ0v) is 12.2. The van der Waals surface area contributed by atoms with E-state index in [0.717, 1.165) is 17.8 Å². The molecule has 1 saturated carbocycles. The molecule has 2 unspecified atom stereocenters. The van der Waals surface area contributed by atoms with Crippen molar-refractivity contribution in [1.29, 1.82) is 0 Å². The monoisotopic (exact) mass is 249 g/mol. The van der Waals surface area contributed by atoms with Crippen LogP contribution in [0.15, 0.2) is 12.4 Å². The van der Waals surface area contributed by atoms with Gasteiger partial charge in [0, 0.05) is 24.5 Å². The Labute approximate surface area is 111 Å². The van der Waals surface area contributed by atoms with Crippen LogP contribution in [0.5, 0.6) is 0 Å². The first-order valence-corrected chi connectivity index (χ1v) is 7.39. The molecule has 2 atom stereocenters. The van der Waals surface area contributed by atoms with Crippen LogP contribution in [0.1, 0.15) is 59.4 Å². The standard InChI is InChI=1S/C15H27N3/c1-11(2)13-7-5-6-8-14(13)18-10-9-16-15(18)17-12(3)4/h9-14H,5-8H2,1-4H3,(H,16,17). The molecule has 0 saturated heterocycles. The van der Waals surface area contributed by atoms with Crippen LogP contribution in [0.3, 0.4) is 0 Å². The largest absolute Gasteiger partial charge is 0.353 e. The Balaban J connectivity index is 2.20. The first-order valence-electron chi connectivity index (χ1n) is 7.39. The number of nitrogens with zero attached hydrogens (tertiary/aromatic N) is 2. The molecule has 102 valence electrons. The third kappa shape index (κ3) is 2.88. The fourth-order valence-electron chi connectivity index (χ4n) is 3.21. The minimum absolute atomic E-state index is 0.437. The van der Waals surface area contributed by atoms with Crippen molar-refractivity contribution in [2.45, 2.75) is 65.5 Å². The average molecular weight is 249 g/mol. The van der Waals surface area contributed by atoms with Gasteiger partial charge in [-0.05, 0) is 38.5 Å². The van der Waals surface area contributed by atoms with E-state index >= 15 is 0 Å². The van der Waals surface area contributed by atoms with Crippen LogP contribution in [0.25, 0.3) is 0 Å². The molecule has 1 N–H and O–H groups in total. The smallest absolute Gasteiger partial charge is 0.203 e. The molecule has 1 aromatic rings. The van der Waals surface area contributed by atoms with E-state index in [1.807, 2.05) is 6.20 Å². The van der Waals surface area contributed by atoms with Gasteiger partial charge in [-0.3, -0.25) is 0 Å². The molecule has 1 aliphatic rings. The zero-order chi connectivity index (χ0) is 13.1. The minimum atomic E-state index is 0.437. The van der Waals surface area contributed by atoms with E-state index in [-0.39, 0.29) is 0 Å². The van der Waals surface area contributed by atoms with Crippen LogP contribution < -0.4 is 5.32 Å². The molecule has 18 heavy (non-hydrogen) atoms. The van der Waals surface area contributed by atoms with E-state index in [1.165, 1.54) is 25.7 Å². The van der Waals surface area contributed by atoms with E-state index in [2.05, 4.69) is 48.8 Å². The third-order valence-electron chi connectivity index (χ3n) is 4.08. The molecule has 2 rings (SSSR count). The third-order valence-corrected chi connectivity index (χ3v) is 4.08. The number of aromatic nitrogens is 2. The lowest BCUT2D eigenvalue weighted by Crippen LogP contribution is -2.28. The highest BCUT2D eigenvalue weighted by molar-refractivity contribution is 5.28. The normalized spacial score (nSPS) is 24.8. The summed E-state index contributed by atoms with van der Waals surface area (Å²) in [5.41, 5.74) is 0. The molecule has 1 aromatic heterocycles. The number of imidazole rings is 1. The SMILES string of the molecule is CC(C)Nc1nccn1C1CCCCC1C(C)C. The molecule has 1 heterocycles. The molecule has 1 fully saturated rings. The Kier molecular flexibility index (Phi) is 4.31. The van der Waals surface area contributed by atoms with Crippen LogP contribution in [-0.2, 0) is 0 Å². The maximum absolute atomic E-state index is 4.48. The van der Waals surface area contributed by atoms with Gasteiger partial charge < -0.3 is 9.88 Å². The number of rotatable bonds is 4. The van der Waals surface area contributed by atoms with Gasteiger partial charge in [0.1, 0.15) is 0 Å². The first kappa shape index (κ1) is 13.4. The lowest BCUT2D eigenvalue weighted by molar-refractivity contribution is 0.186. The fourth-order valence-corrected chi connectivity index (χ4v) is 3.21. The lowest BCUT2D eigenvalue weighted by Gasteiger charge is -2.36. The van der Waals surface area contributed by atoms with Crippen molar-refractivity contribution < 1.29 is 0 Å². The van der Waals surface area contributed by atoms with Gasteiger partial charge in [0.25, 0.3) is 0 Å². The highest BCUT2D eigenvalue weighted by Gasteiger charge is 2.29. The Morgan fingerprint density at radius 3 is 2.61 bits per heavy atom. The van der Waals surface area contributed by atoms with Crippen LogP contribution in [0, 0.1) is 11.8 Å². The average Bonchev–Trinajstić information content (AvgIpc) is 2.76. The quantitative estimate of drug-likeness (QED) is 0.871. The van der Waals surface area contributed by atoms with E-state index in [1.54, 1.807) is 0 Å². The summed E-state index contributed by atoms with van der Waals surface area (Å²) in [6.07, 6.45) is 9.48. The maximum atomic E-state index is 4.48. The van der Waals surface area contributed by atoms with Crippen LogP contribution in [0.2, 0.25) is 0 Å². The second kappa shape index (κ2) is 5.77. The van der Waals surface area contributed by atoms with Crippen LogP contribution >= 0.6 is 0 Å². The van der Waals surface area contributed by atoms with Gasteiger partial charge in [-0.15, -0.1) is 0 Å². The Morgan fingerprint density at radius 2 is 1.94 bits per heavy atom. The number of anilines is 1. The van der Waals surface area contributed by atoms with Gasteiger partial charge >= 0.3 is 0 Å². The predicted molar refractivity (Wildman–Crippen MR) is 76.8 cm³/mol. The van der Waals surface area contributed by atoms with Crippen molar-refractivity contribution in [3.63, 3.8) is 0 Å². The summed E-state index contributed by atoms with van der Waals surface area (Å²) in [7, 11) is 0. The molecular weight excluding hydrogens is 222 g/mol. The summed E-state index contributed by atoms with van der Waals surface area (Å²) < 4.78 is 2.38. The summed E-state index contributed by atoms with van der Waals surface area (Å²) >= 11 is 0. The topological polar surface area (TPSA) is 29.9 Å². The van der Waals surface area contributed by atoms with Crippen LogP contribution in [0.4, 0.5) is 5.95 Å². The summed E-state index contributed by atoms with van der Waals surface area (Å²) in [6, 6.07) is 1.06. The van der Waals surface area contributed by atoms with E-state index in [0.29, 0.717) is 12.1 Å². The minimum Gasteiger partial charge on any atom is -0.353 e. The van der Waals surface area contributed by atoms with E-state index in [9.17, 15) is 0 Å². The highest BCUT2D eigenvalue weighted by Crippen LogP contribution is 2.39. The van der Waals surface area contributed by atoms with Gasteiger partial charge in [0.05, 0.1) is 0 Å². The van der Waals surface area contributed by atoms with Gasteiger partial charge in [-0.2, -0.15) is 0 Å². The van der Waals surface area contributed by atoms with Crippen LogP contribution in [-0.4, -0.2) is 15.6 Å². The van der Waals surface area contributed by atoms with Crippen molar-refractivity contribution in [3.05, 3.63) is 12.4 Å². The maximum Gasteiger partial charge on any atom is 0.203 e. The summed E-state index contributed by atoms with van der Waals surface area (Å²) in [5.74, 6) is 2.59. The van der Waals surface area contributed by atoms with Gasteiger partial charge in [-0.25, -0.2) is 4.98 Å². The summed E-state index contributed by atoms with van der Waals surface area (Å²) in [5, 5.41) is 3.46. The molecule has 0 aromatic carbocycles. The zero-order valence-electron chi connectivity index (χ0n) is 12.2. The van der Waals surface area contributed by atoms with E-state index < -0.39 is 0 Å². The molecule has 1 aliphatic carbocycles. The first-order chi connectivity index (χ1) is 8.59. The van der Waals surface area contributed by atoms with Gasteiger partial charge in [0.15, 0.2) is 0 Å². The van der Waals surface area contributed by atoms with Crippen molar-refractivity contribution in [3.8, 4) is 0 Å². The van der Waals surface area contributed by atoms with Gasteiger partial charge in [-0.1, -0.05) is 26.7 Å². The Morgan fingerprint density at radius 1 is 1.22 bits per heavy atom. The molecule has 3 nitrogen and oxygen atoms in total. The second-order valence-electron chi connectivity index (χ2n) is 6.22. The molecule has 0 radical (unpaired) electrons. The van der Waals surface area contributed by atoms with Crippen molar-refractivity contribution in [2.24, 2.45) is 11.8 Å². The Hall–Kier alpha value is -0.990.